The summed E-state index contributed by atoms with van der Waals surface area (Å²) in [5.41, 5.74) is 0.424. The Bertz CT molecular complexity index is 844. The number of amides is 2. The number of ether oxygens (including phenoxy) is 1. The van der Waals surface area contributed by atoms with Crippen LogP contribution < -0.4 is 15.0 Å². The van der Waals surface area contributed by atoms with Crippen molar-refractivity contribution in [1.29, 1.82) is 0 Å². The van der Waals surface area contributed by atoms with E-state index in [0.717, 1.165) is 5.75 Å². The van der Waals surface area contributed by atoms with Gasteiger partial charge in [-0.05, 0) is 36.6 Å². The van der Waals surface area contributed by atoms with Crippen LogP contribution in [0, 0.1) is 0 Å². The SMILES string of the molecule is COc1ccccc1C(=O)N[C@H](CCSC)C(=O)N1CCN(c2ncccn2)CC1. The number of piperazine rings is 1. The molecule has 2 aromatic rings. The molecule has 1 aliphatic rings. The van der Waals surface area contributed by atoms with E-state index in [1.807, 2.05) is 17.2 Å². The smallest absolute Gasteiger partial charge is 0.255 e. The fraction of sp³-hybridized carbons (Fsp3) is 0.429. The van der Waals surface area contributed by atoms with Crippen molar-refractivity contribution in [3.05, 3.63) is 48.3 Å². The summed E-state index contributed by atoms with van der Waals surface area (Å²) in [6.45, 7) is 2.45. The Morgan fingerprint density at radius 3 is 2.50 bits per heavy atom. The predicted molar refractivity (Wildman–Crippen MR) is 118 cm³/mol. The number of anilines is 1. The molecule has 30 heavy (non-hydrogen) atoms. The van der Waals surface area contributed by atoms with Gasteiger partial charge in [0, 0.05) is 38.6 Å². The van der Waals surface area contributed by atoms with Gasteiger partial charge in [-0.1, -0.05) is 12.1 Å². The van der Waals surface area contributed by atoms with Gasteiger partial charge in [0.2, 0.25) is 11.9 Å². The van der Waals surface area contributed by atoms with Crippen LogP contribution in [0.15, 0.2) is 42.7 Å². The van der Waals surface area contributed by atoms with Crippen LogP contribution in [0.5, 0.6) is 5.75 Å². The van der Waals surface area contributed by atoms with E-state index in [9.17, 15) is 9.59 Å². The molecule has 160 valence electrons. The van der Waals surface area contributed by atoms with Crippen LogP contribution >= 0.6 is 11.8 Å². The number of hydrogen-bond donors (Lipinski definition) is 1. The molecule has 0 saturated carbocycles. The van der Waals surface area contributed by atoms with Gasteiger partial charge in [0.25, 0.3) is 5.91 Å². The molecule has 0 spiro atoms. The van der Waals surface area contributed by atoms with Crippen molar-refractivity contribution in [1.82, 2.24) is 20.2 Å². The number of para-hydroxylation sites is 1. The van der Waals surface area contributed by atoms with Crippen LogP contribution in [-0.4, -0.2) is 78.0 Å². The van der Waals surface area contributed by atoms with E-state index in [1.165, 1.54) is 7.11 Å². The van der Waals surface area contributed by atoms with E-state index in [4.69, 9.17) is 4.74 Å². The number of nitrogens with zero attached hydrogens (tertiary/aromatic N) is 4. The molecule has 8 nitrogen and oxygen atoms in total. The highest BCUT2D eigenvalue weighted by molar-refractivity contribution is 7.98. The molecule has 1 atom stereocenters. The first-order valence-electron chi connectivity index (χ1n) is 9.87. The molecule has 1 aromatic carbocycles. The number of carbonyl (C=O) groups is 2. The fourth-order valence-corrected chi connectivity index (χ4v) is 3.83. The molecule has 0 unspecified atom stereocenters. The molecule has 3 rings (SSSR count). The number of rotatable bonds is 8. The summed E-state index contributed by atoms with van der Waals surface area (Å²) < 4.78 is 5.28. The molecular formula is C21H27N5O3S. The summed E-state index contributed by atoms with van der Waals surface area (Å²) in [5.74, 6) is 1.58. The summed E-state index contributed by atoms with van der Waals surface area (Å²) in [6, 6.07) is 8.23. The van der Waals surface area contributed by atoms with Crippen molar-refractivity contribution < 1.29 is 14.3 Å². The molecule has 1 aromatic heterocycles. The number of methoxy groups -OCH3 is 1. The number of aromatic nitrogens is 2. The summed E-state index contributed by atoms with van der Waals surface area (Å²) in [6.07, 6.45) is 5.99. The highest BCUT2D eigenvalue weighted by atomic mass is 32.2. The standard InChI is InChI=1S/C21H27N5O3S/c1-29-18-7-4-3-6-16(18)19(27)24-17(8-15-30-2)20(28)25-11-13-26(14-12-25)21-22-9-5-10-23-21/h3-7,9-10,17H,8,11-15H2,1-2H3,(H,24,27)/t17-/m1/s1. The molecule has 1 aliphatic heterocycles. The minimum atomic E-state index is -0.575. The maximum absolute atomic E-state index is 13.2. The van der Waals surface area contributed by atoms with Crippen molar-refractivity contribution >= 4 is 29.5 Å². The Balaban J connectivity index is 1.65. The quantitative estimate of drug-likeness (QED) is 0.683. The van der Waals surface area contributed by atoms with E-state index in [1.54, 1.807) is 48.4 Å². The fourth-order valence-electron chi connectivity index (χ4n) is 3.36. The van der Waals surface area contributed by atoms with Crippen molar-refractivity contribution in [2.45, 2.75) is 12.5 Å². The van der Waals surface area contributed by atoms with Crippen molar-refractivity contribution in [3.63, 3.8) is 0 Å². The molecule has 9 heteroatoms. The van der Waals surface area contributed by atoms with Gasteiger partial charge < -0.3 is 19.9 Å². The molecule has 0 aliphatic carbocycles. The normalized spacial score (nSPS) is 14.9. The number of thioether (sulfide) groups is 1. The lowest BCUT2D eigenvalue weighted by molar-refractivity contribution is -0.133. The molecular weight excluding hydrogens is 402 g/mol. The number of benzene rings is 1. The second-order valence-electron chi connectivity index (χ2n) is 6.87. The lowest BCUT2D eigenvalue weighted by Crippen LogP contribution is -2.55. The Hall–Kier alpha value is -2.81. The highest BCUT2D eigenvalue weighted by Gasteiger charge is 2.29. The van der Waals surface area contributed by atoms with Crippen LogP contribution in [0.3, 0.4) is 0 Å². The second kappa shape index (κ2) is 10.8. The molecule has 0 radical (unpaired) electrons. The maximum atomic E-state index is 13.2. The predicted octanol–water partition coefficient (Wildman–Crippen LogP) is 1.69. The van der Waals surface area contributed by atoms with Crippen LogP contribution in [0.2, 0.25) is 0 Å². The molecule has 2 heterocycles. The van der Waals surface area contributed by atoms with Crippen LogP contribution in [0.1, 0.15) is 16.8 Å². The zero-order valence-electron chi connectivity index (χ0n) is 17.3. The van der Waals surface area contributed by atoms with Crippen molar-refractivity contribution in [3.8, 4) is 5.75 Å². The maximum Gasteiger partial charge on any atom is 0.255 e. The zero-order valence-corrected chi connectivity index (χ0v) is 18.1. The summed E-state index contributed by atoms with van der Waals surface area (Å²) in [7, 11) is 1.53. The van der Waals surface area contributed by atoms with Gasteiger partial charge in [-0.2, -0.15) is 11.8 Å². The first kappa shape index (κ1) is 21.9. The molecule has 1 N–H and O–H groups in total. The third kappa shape index (κ3) is 5.41. The van der Waals surface area contributed by atoms with Gasteiger partial charge in [0.15, 0.2) is 0 Å². The first-order valence-corrected chi connectivity index (χ1v) is 11.3. The van der Waals surface area contributed by atoms with Gasteiger partial charge in [0.1, 0.15) is 11.8 Å². The monoisotopic (exact) mass is 429 g/mol. The van der Waals surface area contributed by atoms with E-state index >= 15 is 0 Å². The summed E-state index contributed by atoms with van der Waals surface area (Å²) in [4.78, 5) is 38.4. The van der Waals surface area contributed by atoms with E-state index in [-0.39, 0.29) is 11.8 Å². The topological polar surface area (TPSA) is 87.7 Å². The van der Waals surface area contributed by atoms with E-state index < -0.39 is 6.04 Å². The average molecular weight is 430 g/mol. The Morgan fingerprint density at radius 1 is 1.13 bits per heavy atom. The number of carbonyl (C=O) groups excluding carboxylic acids is 2. The lowest BCUT2D eigenvalue weighted by Gasteiger charge is -2.36. The van der Waals surface area contributed by atoms with Gasteiger partial charge in [0.05, 0.1) is 12.7 Å². The van der Waals surface area contributed by atoms with E-state index in [2.05, 4.69) is 20.2 Å². The summed E-state index contributed by atoms with van der Waals surface area (Å²) >= 11 is 1.65. The highest BCUT2D eigenvalue weighted by Crippen LogP contribution is 2.18. The number of nitrogens with one attached hydrogen (secondary N) is 1. The molecule has 1 fully saturated rings. The largest absolute Gasteiger partial charge is 0.496 e. The van der Waals surface area contributed by atoms with Gasteiger partial charge in [-0.15, -0.1) is 0 Å². The van der Waals surface area contributed by atoms with Crippen molar-refractivity contribution in [2.75, 3.05) is 50.2 Å². The summed E-state index contributed by atoms with van der Waals surface area (Å²) in [5, 5.41) is 2.92. The van der Waals surface area contributed by atoms with Crippen LogP contribution in [0.25, 0.3) is 0 Å². The first-order chi connectivity index (χ1) is 14.6. The zero-order chi connectivity index (χ0) is 21.3. The average Bonchev–Trinajstić information content (AvgIpc) is 2.81. The van der Waals surface area contributed by atoms with Crippen LogP contribution in [-0.2, 0) is 4.79 Å². The third-order valence-electron chi connectivity index (χ3n) is 4.99. The van der Waals surface area contributed by atoms with Crippen molar-refractivity contribution in [2.24, 2.45) is 0 Å². The minimum Gasteiger partial charge on any atom is -0.496 e. The molecule has 0 bridgehead atoms. The Kier molecular flexibility index (Phi) is 7.89. The molecule has 2 amide bonds. The molecule has 1 saturated heterocycles. The van der Waals surface area contributed by atoms with Gasteiger partial charge in [-0.25, -0.2) is 9.97 Å². The van der Waals surface area contributed by atoms with E-state index in [0.29, 0.717) is 49.9 Å². The Labute approximate surface area is 181 Å². The van der Waals surface area contributed by atoms with Crippen LogP contribution in [0.4, 0.5) is 5.95 Å². The number of hydrogen-bond acceptors (Lipinski definition) is 7. The van der Waals surface area contributed by atoms with Gasteiger partial charge >= 0.3 is 0 Å². The van der Waals surface area contributed by atoms with Gasteiger partial charge in [-0.3, -0.25) is 9.59 Å². The minimum absolute atomic E-state index is 0.0547. The third-order valence-corrected chi connectivity index (χ3v) is 5.64. The second-order valence-corrected chi connectivity index (χ2v) is 7.85. The Morgan fingerprint density at radius 2 is 1.83 bits per heavy atom. The lowest BCUT2D eigenvalue weighted by atomic mass is 10.1.